The molecular formula is C13H16O2. The van der Waals surface area contributed by atoms with Crippen LogP contribution in [-0.4, -0.2) is 11.1 Å². The van der Waals surface area contributed by atoms with Crippen LogP contribution in [0.2, 0.25) is 0 Å². The Kier molecular flexibility index (Phi) is 2.76. The van der Waals surface area contributed by atoms with Gasteiger partial charge in [-0.25, -0.2) is 0 Å². The molecule has 2 rings (SSSR count). The number of benzene rings is 1. The summed E-state index contributed by atoms with van der Waals surface area (Å²) in [6, 6.07) is 8.14. The first-order valence-corrected chi connectivity index (χ1v) is 5.54. The van der Waals surface area contributed by atoms with Crippen molar-refractivity contribution in [3.8, 4) is 0 Å². The molecule has 2 heteroatoms. The molecule has 2 unspecified atom stereocenters. The van der Waals surface area contributed by atoms with Crippen LogP contribution >= 0.6 is 0 Å². The Morgan fingerprint density at radius 2 is 2.20 bits per heavy atom. The summed E-state index contributed by atoms with van der Waals surface area (Å²) in [5.74, 6) is -0.629. The van der Waals surface area contributed by atoms with Crippen LogP contribution in [0.4, 0.5) is 0 Å². The van der Waals surface area contributed by atoms with Gasteiger partial charge in [0, 0.05) is 0 Å². The zero-order chi connectivity index (χ0) is 10.8. The molecule has 1 aliphatic rings. The Balaban J connectivity index is 2.33. The van der Waals surface area contributed by atoms with Gasteiger partial charge in [-0.3, -0.25) is 4.79 Å². The summed E-state index contributed by atoms with van der Waals surface area (Å²) in [5, 5.41) is 9.18. The number of aliphatic carboxylic acids is 1. The predicted octanol–water partition coefficient (Wildman–Crippen LogP) is 2.83. The van der Waals surface area contributed by atoms with Crippen LogP contribution in [0.15, 0.2) is 24.3 Å². The lowest BCUT2D eigenvalue weighted by Crippen LogP contribution is -2.18. The maximum absolute atomic E-state index is 11.2. The van der Waals surface area contributed by atoms with Gasteiger partial charge in [-0.2, -0.15) is 0 Å². The SMILES string of the molecule is CCCC1c2ccccc2CC1C(=O)O. The van der Waals surface area contributed by atoms with E-state index < -0.39 is 5.97 Å². The third kappa shape index (κ3) is 1.76. The molecule has 0 bridgehead atoms. The van der Waals surface area contributed by atoms with Crippen molar-refractivity contribution < 1.29 is 9.90 Å². The summed E-state index contributed by atoms with van der Waals surface area (Å²) in [7, 11) is 0. The van der Waals surface area contributed by atoms with Crippen LogP contribution in [0.3, 0.4) is 0 Å². The van der Waals surface area contributed by atoms with E-state index in [0.717, 1.165) is 12.8 Å². The first-order valence-electron chi connectivity index (χ1n) is 5.54. The molecule has 0 radical (unpaired) electrons. The normalized spacial score (nSPS) is 23.8. The van der Waals surface area contributed by atoms with Gasteiger partial charge in [-0.05, 0) is 29.9 Å². The summed E-state index contributed by atoms with van der Waals surface area (Å²) in [5.41, 5.74) is 2.48. The van der Waals surface area contributed by atoms with Crippen molar-refractivity contribution in [3.05, 3.63) is 35.4 Å². The number of carboxylic acid groups (broad SMARTS) is 1. The van der Waals surface area contributed by atoms with Gasteiger partial charge in [0.15, 0.2) is 0 Å². The third-order valence-electron chi connectivity index (χ3n) is 3.30. The number of hydrogen-bond donors (Lipinski definition) is 1. The molecule has 80 valence electrons. The monoisotopic (exact) mass is 204 g/mol. The summed E-state index contributed by atoms with van der Waals surface area (Å²) >= 11 is 0. The minimum absolute atomic E-state index is 0.206. The molecule has 1 aromatic rings. The Morgan fingerprint density at radius 1 is 1.47 bits per heavy atom. The second kappa shape index (κ2) is 4.05. The fourth-order valence-electron chi connectivity index (χ4n) is 2.60. The lowest BCUT2D eigenvalue weighted by Gasteiger charge is -2.15. The zero-order valence-electron chi connectivity index (χ0n) is 8.94. The minimum Gasteiger partial charge on any atom is -0.481 e. The summed E-state index contributed by atoms with van der Waals surface area (Å²) in [6.45, 7) is 2.11. The maximum atomic E-state index is 11.2. The van der Waals surface area contributed by atoms with E-state index in [2.05, 4.69) is 19.1 Å². The molecule has 1 aromatic carbocycles. The van der Waals surface area contributed by atoms with E-state index in [1.54, 1.807) is 0 Å². The van der Waals surface area contributed by atoms with Crippen molar-refractivity contribution in [3.63, 3.8) is 0 Å². The molecule has 0 saturated heterocycles. The van der Waals surface area contributed by atoms with Crippen LogP contribution in [0.1, 0.15) is 36.8 Å². The molecule has 0 spiro atoms. The van der Waals surface area contributed by atoms with Crippen molar-refractivity contribution in [2.45, 2.75) is 32.1 Å². The molecule has 0 aliphatic heterocycles. The number of hydrogen-bond acceptors (Lipinski definition) is 1. The highest BCUT2D eigenvalue weighted by Gasteiger charge is 2.35. The molecule has 0 fully saturated rings. The number of rotatable bonds is 3. The first kappa shape index (κ1) is 10.2. The highest BCUT2D eigenvalue weighted by Crippen LogP contribution is 2.40. The molecular weight excluding hydrogens is 188 g/mol. The van der Waals surface area contributed by atoms with Gasteiger partial charge in [0.2, 0.25) is 0 Å². The van der Waals surface area contributed by atoms with E-state index in [1.165, 1.54) is 11.1 Å². The van der Waals surface area contributed by atoms with Crippen LogP contribution in [0, 0.1) is 5.92 Å². The highest BCUT2D eigenvalue weighted by molar-refractivity contribution is 5.73. The van der Waals surface area contributed by atoms with Gasteiger partial charge in [0.1, 0.15) is 0 Å². The standard InChI is InChI=1S/C13H16O2/c1-2-5-11-10-7-4-3-6-9(10)8-12(11)13(14)15/h3-4,6-7,11-12H,2,5,8H2,1H3,(H,14,15). The van der Waals surface area contributed by atoms with E-state index >= 15 is 0 Å². The topological polar surface area (TPSA) is 37.3 Å². The first-order chi connectivity index (χ1) is 7.24. The van der Waals surface area contributed by atoms with E-state index in [1.807, 2.05) is 12.1 Å². The summed E-state index contributed by atoms with van der Waals surface area (Å²) in [6.07, 6.45) is 2.73. The van der Waals surface area contributed by atoms with Gasteiger partial charge in [0.25, 0.3) is 0 Å². The lowest BCUT2D eigenvalue weighted by molar-refractivity contribution is -0.142. The second-order valence-corrected chi connectivity index (χ2v) is 4.24. The van der Waals surface area contributed by atoms with E-state index in [9.17, 15) is 9.90 Å². The fourth-order valence-corrected chi connectivity index (χ4v) is 2.60. The molecule has 1 aliphatic carbocycles. The van der Waals surface area contributed by atoms with Crippen molar-refractivity contribution in [2.24, 2.45) is 5.92 Å². The van der Waals surface area contributed by atoms with Crippen LogP contribution in [-0.2, 0) is 11.2 Å². The van der Waals surface area contributed by atoms with Gasteiger partial charge in [0.05, 0.1) is 5.92 Å². The van der Waals surface area contributed by atoms with Crippen molar-refractivity contribution in [1.82, 2.24) is 0 Å². The minimum atomic E-state index is -0.648. The molecule has 0 saturated carbocycles. The van der Waals surface area contributed by atoms with Crippen LogP contribution in [0.25, 0.3) is 0 Å². The largest absolute Gasteiger partial charge is 0.481 e. The van der Waals surface area contributed by atoms with Gasteiger partial charge >= 0.3 is 5.97 Å². The Hall–Kier alpha value is -1.31. The molecule has 0 aromatic heterocycles. The highest BCUT2D eigenvalue weighted by atomic mass is 16.4. The number of carbonyl (C=O) groups is 1. The van der Waals surface area contributed by atoms with Crippen LogP contribution in [0.5, 0.6) is 0 Å². The molecule has 15 heavy (non-hydrogen) atoms. The van der Waals surface area contributed by atoms with Gasteiger partial charge in [-0.15, -0.1) is 0 Å². The summed E-state index contributed by atoms with van der Waals surface area (Å²) in [4.78, 5) is 11.2. The van der Waals surface area contributed by atoms with Gasteiger partial charge < -0.3 is 5.11 Å². The smallest absolute Gasteiger partial charge is 0.307 e. The van der Waals surface area contributed by atoms with E-state index in [0.29, 0.717) is 6.42 Å². The summed E-state index contributed by atoms with van der Waals surface area (Å²) < 4.78 is 0. The predicted molar refractivity (Wildman–Crippen MR) is 58.9 cm³/mol. The van der Waals surface area contributed by atoms with Crippen molar-refractivity contribution in [1.29, 1.82) is 0 Å². The molecule has 0 heterocycles. The molecule has 0 amide bonds. The Morgan fingerprint density at radius 3 is 2.87 bits per heavy atom. The number of fused-ring (bicyclic) bond motifs is 1. The molecule has 2 atom stereocenters. The Labute approximate surface area is 89.9 Å². The zero-order valence-corrected chi connectivity index (χ0v) is 8.94. The maximum Gasteiger partial charge on any atom is 0.307 e. The lowest BCUT2D eigenvalue weighted by atomic mass is 9.89. The van der Waals surface area contributed by atoms with Gasteiger partial charge in [-0.1, -0.05) is 37.6 Å². The van der Waals surface area contributed by atoms with Crippen molar-refractivity contribution in [2.75, 3.05) is 0 Å². The molecule has 1 N–H and O–H groups in total. The quantitative estimate of drug-likeness (QED) is 0.822. The number of carboxylic acids is 1. The van der Waals surface area contributed by atoms with Crippen LogP contribution < -0.4 is 0 Å². The molecule has 2 nitrogen and oxygen atoms in total. The van der Waals surface area contributed by atoms with E-state index in [-0.39, 0.29) is 11.8 Å². The average Bonchev–Trinajstić information content (AvgIpc) is 2.58. The average molecular weight is 204 g/mol. The van der Waals surface area contributed by atoms with Crippen molar-refractivity contribution >= 4 is 5.97 Å². The Bertz CT molecular complexity index is 371. The third-order valence-corrected chi connectivity index (χ3v) is 3.30. The van der Waals surface area contributed by atoms with E-state index in [4.69, 9.17) is 0 Å². The second-order valence-electron chi connectivity index (χ2n) is 4.24. The fraction of sp³-hybridized carbons (Fsp3) is 0.462.